The third-order valence-electron chi connectivity index (χ3n) is 2.65. The first kappa shape index (κ1) is 11.0. The topological polar surface area (TPSA) is 23.5 Å². The molecule has 0 spiro atoms. The van der Waals surface area contributed by atoms with Crippen molar-refractivity contribution in [3.05, 3.63) is 11.6 Å². The molecule has 1 heterocycles. The molecular formula is C10H18ClNO. The molecule has 0 bridgehead atoms. The Labute approximate surface area is 85.2 Å². The predicted octanol–water partition coefficient (Wildman–Crippen LogP) is 1.97. The van der Waals surface area contributed by atoms with Crippen LogP contribution in [0.15, 0.2) is 11.6 Å². The first-order valence-electron chi connectivity index (χ1n) is 4.93. The number of hydrogen-bond acceptors (Lipinski definition) is 2. The fraction of sp³-hybridized carbons (Fsp3) is 0.800. The second kappa shape index (κ2) is 5.63. The molecule has 1 saturated heterocycles. The molecule has 0 aromatic rings. The maximum atomic E-state index is 9.55. The van der Waals surface area contributed by atoms with Crippen molar-refractivity contribution < 1.29 is 5.11 Å². The van der Waals surface area contributed by atoms with Crippen molar-refractivity contribution in [2.75, 3.05) is 13.1 Å². The van der Waals surface area contributed by atoms with Gasteiger partial charge in [-0.1, -0.05) is 24.1 Å². The van der Waals surface area contributed by atoms with E-state index in [0.717, 1.165) is 19.5 Å². The van der Waals surface area contributed by atoms with Crippen LogP contribution in [-0.2, 0) is 0 Å². The van der Waals surface area contributed by atoms with Gasteiger partial charge < -0.3 is 5.11 Å². The summed E-state index contributed by atoms with van der Waals surface area (Å²) in [6.45, 7) is 3.81. The molecule has 1 fully saturated rings. The number of piperidine rings is 1. The summed E-state index contributed by atoms with van der Waals surface area (Å²) in [4.78, 5) is 2.30. The Morgan fingerprint density at radius 3 is 3.00 bits per heavy atom. The highest BCUT2D eigenvalue weighted by atomic mass is 35.5. The first-order valence-corrected chi connectivity index (χ1v) is 5.36. The van der Waals surface area contributed by atoms with Gasteiger partial charge in [-0.25, -0.2) is 0 Å². The quantitative estimate of drug-likeness (QED) is 0.759. The number of likely N-dealkylation sites (tertiary alicyclic amines) is 1. The second-order valence-electron chi connectivity index (χ2n) is 3.66. The molecule has 13 heavy (non-hydrogen) atoms. The van der Waals surface area contributed by atoms with Crippen LogP contribution in [0.5, 0.6) is 0 Å². The van der Waals surface area contributed by atoms with Crippen LogP contribution in [0.25, 0.3) is 0 Å². The highest BCUT2D eigenvalue weighted by Gasteiger charge is 2.24. The maximum absolute atomic E-state index is 9.55. The van der Waals surface area contributed by atoms with Crippen LogP contribution in [-0.4, -0.2) is 35.2 Å². The van der Waals surface area contributed by atoms with Crippen LogP contribution in [0.2, 0.25) is 0 Å². The lowest BCUT2D eigenvalue weighted by molar-refractivity contribution is 0.0438. The van der Waals surface area contributed by atoms with Crippen molar-refractivity contribution in [3.63, 3.8) is 0 Å². The van der Waals surface area contributed by atoms with Gasteiger partial charge in [0.05, 0.1) is 6.10 Å². The smallest absolute Gasteiger partial charge is 0.0667 e. The van der Waals surface area contributed by atoms with E-state index in [1.165, 1.54) is 12.8 Å². The lowest BCUT2D eigenvalue weighted by Crippen LogP contribution is -2.45. The van der Waals surface area contributed by atoms with E-state index >= 15 is 0 Å². The zero-order valence-electron chi connectivity index (χ0n) is 8.12. The molecular weight excluding hydrogens is 186 g/mol. The third-order valence-corrected chi connectivity index (χ3v) is 2.83. The Bertz CT molecular complexity index is 170. The summed E-state index contributed by atoms with van der Waals surface area (Å²) in [5, 5.41) is 9.55. The average molecular weight is 204 g/mol. The van der Waals surface area contributed by atoms with Crippen LogP contribution < -0.4 is 0 Å². The molecule has 1 rings (SSSR count). The molecule has 0 aromatic heterocycles. The van der Waals surface area contributed by atoms with Gasteiger partial charge in [-0.15, -0.1) is 0 Å². The Hall–Kier alpha value is -0.0500. The molecule has 0 amide bonds. The lowest BCUT2D eigenvalue weighted by Gasteiger charge is -2.36. The molecule has 76 valence electrons. The predicted molar refractivity (Wildman–Crippen MR) is 55.9 cm³/mol. The van der Waals surface area contributed by atoms with E-state index in [9.17, 15) is 5.11 Å². The van der Waals surface area contributed by atoms with E-state index in [0.29, 0.717) is 6.04 Å². The van der Waals surface area contributed by atoms with Gasteiger partial charge in [0.25, 0.3) is 0 Å². The second-order valence-corrected chi connectivity index (χ2v) is 3.91. The fourth-order valence-electron chi connectivity index (χ4n) is 1.96. The maximum Gasteiger partial charge on any atom is 0.0667 e. The zero-order chi connectivity index (χ0) is 9.68. The zero-order valence-corrected chi connectivity index (χ0v) is 8.87. The minimum absolute atomic E-state index is 0.232. The van der Waals surface area contributed by atoms with E-state index < -0.39 is 0 Å². The fourth-order valence-corrected chi connectivity index (χ4v) is 2.04. The summed E-state index contributed by atoms with van der Waals surface area (Å²) in [5.74, 6) is 0. The number of hydrogen-bond donors (Lipinski definition) is 1. The normalized spacial score (nSPS) is 28.1. The van der Waals surface area contributed by atoms with Crippen LogP contribution >= 0.6 is 11.6 Å². The lowest BCUT2D eigenvalue weighted by atomic mass is 9.98. The molecule has 2 nitrogen and oxygen atoms in total. The summed E-state index contributed by atoms with van der Waals surface area (Å²) in [6, 6.07) is 0.321. The molecule has 0 saturated carbocycles. The van der Waals surface area contributed by atoms with Gasteiger partial charge in [0.1, 0.15) is 0 Å². The third kappa shape index (κ3) is 3.29. The van der Waals surface area contributed by atoms with Crippen molar-refractivity contribution in [3.8, 4) is 0 Å². The van der Waals surface area contributed by atoms with E-state index in [1.54, 1.807) is 5.54 Å². The van der Waals surface area contributed by atoms with Crippen LogP contribution in [0.4, 0.5) is 0 Å². The van der Waals surface area contributed by atoms with Crippen LogP contribution in [0.3, 0.4) is 0 Å². The number of halogens is 1. The van der Waals surface area contributed by atoms with Crippen LogP contribution in [0.1, 0.15) is 26.2 Å². The van der Waals surface area contributed by atoms with Gasteiger partial charge in [-0.05, 0) is 26.3 Å². The largest absolute Gasteiger partial charge is 0.392 e. The van der Waals surface area contributed by atoms with E-state index in [2.05, 4.69) is 4.90 Å². The Kier molecular flexibility index (Phi) is 4.78. The molecule has 0 aromatic carbocycles. The molecule has 0 radical (unpaired) electrons. The Balaban J connectivity index is 2.46. The minimum atomic E-state index is -0.232. The van der Waals surface area contributed by atoms with Gasteiger partial charge in [0.2, 0.25) is 0 Å². The van der Waals surface area contributed by atoms with E-state index in [1.807, 2.05) is 13.0 Å². The van der Waals surface area contributed by atoms with E-state index in [-0.39, 0.29) is 6.10 Å². The summed E-state index contributed by atoms with van der Waals surface area (Å²) in [7, 11) is 0. The summed E-state index contributed by atoms with van der Waals surface area (Å²) in [5.41, 5.74) is 1.55. The molecule has 1 N–H and O–H groups in total. The van der Waals surface area contributed by atoms with Gasteiger partial charge in [-0.2, -0.15) is 0 Å². The monoisotopic (exact) mass is 203 g/mol. The molecule has 2 unspecified atom stereocenters. The minimum Gasteiger partial charge on any atom is -0.392 e. The van der Waals surface area contributed by atoms with Gasteiger partial charge >= 0.3 is 0 Å². The van der Waals surface area contributed by atoms with Crippen molar-refractivity contribution in [2.45, 2.75) is 38.3 Å². The molecule has 3 heteroatoms. The summed E-state index contributed by atoms with van der Waals surface area (Å²) < 4.78 is 0. The van der Waals surface area contributed by atoms with Gasteiger partial charge in [0, 0.05) is 18.1 Å². The van der Waals surface area contributed by atoms with Crippen molar-refractivity contribution in [1.29, 1.82) is 0 Å². The van der Waals surface area contributed by atoms with Gasteiger partial charge in [-0.3, -0.25) is 4.90 Å². The van der Waals surface area contributed by atoms with Crippen molar-refractivity contribution >= 4 is 11.6 Å². The Morgan fingerprint density at radius 1 is 1.62 bits per heavy atom. The standard InChI is InChI=1S/C10H18ClNO/c1-9(13)10-5-2-3-7-12(10)8-4-6-11/h4,6,9-10,13H,2-3,5,7-8H2,1H3/b6-4+. The molecule has 1 aliphatic rings. The summed E-state index contributed by atoms with van der Waals surface area (Å²) in [6.07, 6.45) is 5.27. The van der Waals surface area contributed by atoms with Crippen LogP contribution in [0, 0.1) is 0 Å². The van der Waals surface area contributed by atoms with Crippen molar-refractivity contribution in [2.24, 2.45) is 0 Å². The molecule has 2 atom stereocenters. The first-order chi connectivity index (χ1) is 6.25. The average Bonchev–Trinajstić information content (AvgIpc) is 2.15. The SMILES string of the molecule is CC(O)C1CCCCN1C/C=C/Cl. The number of rotatable bonds is 3. The molecule has 1 aliphatic heterocycles. The Morgan fingerprint density at radius 2 is 2.38 bits per heavy atom. The summed E-state index contributed by atoms with van der Waals surface area (Å²) >= 11 is 5.48. The van der Waals surface area contributed by atoms with Gasteiger partial charge in [0.15, 0.2) is 0 Å². The number of nitrogens with zero attached hydrogens (tertiary/aromatic N) is 1. The van der Waals surface area contributed by atoms with E-state index in [4.69, 9.17) is 11.6 Å². The highest BCUT2D eigenvalue weighted by Crippen LogP contribution is 2.19. The number of aliphatic hydroxyl groups is 1. The molecule has 0 aliphatic carbocycles. The highest BCUT2D eigenvalue weighted by molar-refractivity contribution is 6.25. The van der Waals surface area contributed by atoms with Crippen molar-refractivity contribution in [1.82, 2.24) is 4.90 Å². The number of aliphatic hydroxyl groups excluding tert-OH is 1.